The number of aliphatic imine (C=N–C) groups is 1. The van der Waals surface area contributed by atoms with Crippen molar-refractivity contribution < 1.29 is 28.9 Å². The summed E-state index contributed by atoms with van der Waals surface area (Å²) >= 11 is 6.41. The highest BCUT2D eigenvalue weighted by molar-refractivity contribution is 6.32. The second-order valence-electron chi connectivity index (χ2n) is 7.84. The summed E-state index contributed by atoms with van der Waals surface area (Å²) in [7, 11) is 1.41. The molecule has 37 heavy (non-hydrogen) atoms. The van der Waals surface area contributed by atoms with Crippen LogP contribution in [0.5, 0.6) is 11.5 Å². The molecule has 0 aromatic heterocycles. The molecule has 11 nitrogen and oxygen atoms in total. The van der Waals surface area contributed by atoms with Gasteiger partial charge in [0.15, 0.2) is 17.2 Å². The van der Waals surface area contributed by atoms with Crippen molar-refractivity contribution >= 4 is 40.9 Å². The maximum atomic E-state index is 12.4. The van der Waals surface area contributed by atoms with Crippen molar-refractivity contribution in [3.05, 3.63) is 108 Å². The summed E-state index contributed by atoms with van der Waals surface area (Å²) in [6.45, 7) is 1.60. The van der Waals surface area contributed by atoms with Gasteiger partial charge in [0.05, 0.1) is 22.0 Å². The number of nitro groups is 2. The highest BCUT2D eigenvalue weighted by Crippen LogP contribution is 2.38. The summed E-state index contributed by atoms with van der Waals surface area (Å²) in [4.78, 5) is 37.8. The van der Waals surface area contributed by atoms with Crippen LogP contribution in [0.25, 0.3) is 6.08 Å². The third-order valence-electron chi connectivity index (χ3n) is 5.33. The van der Waals surface area contributed by atoms with Gasteiger partial charge in [0, 0.05) is 29.3 Å². The first-order valence-electron chi connectivity index (χ1n) is 10.7. The van der Waals surface area contributed by atoms with E-state index in [2.05, 4.69) is 4.99 Å². The van der Waals surface area contributed by atoms with Crippen molar-refractivity contribution in [2.45, 2.75) is 13.5 Å². The van der Waals surface area contributed by atoms with E-state index in [1.165, 1.54) is 37.5 Å². The number of nitro benzene ring substituents is 2. The van der Waals surface area contributed by atoms with Crippen LogP contribution in [0, 0.1) is 27.2 Å². The van der Waals surface area contributed by atoms with Crippen LogP contribution in [0.15, 0.2) is 65.3 Å². The molecule has 0 radical (unpaired) electrons. The van der Waals surface area contributed by atoms with E-state index in [1.54, 1.807) is 37.3 Å². The number of methoxy groups -OCH3 is 1. The molecule has 0 atom stereocenters. The van der Waals surface area contributed by atoms with E-state index in [-0.39, 0.29) is 51.7 Å². The van der Waals surface area contributed by atoms with Crippen molar-refractivity contribution in [2.24, 2.45) is 4.99 Å². The Balaban J connectivity index is 1.59. The molecule has 0 saturated carbocycles. The SMILES string of the molecule is COc1cc(/C=C2\N=C(c3ccc(C)c([N+](=O)[O-])c3)OC2=O)cc(Cl)c1OCc1cccc([N+](=O)[O-])c1. The van der Waals surface area contributed by atoms with E-state index >= 15 is 0 Å². The van der Waals surface area contributed by atoms with Gasteiger partial charge in [0.1, 0.15) is 6.61 Å². The largest absolute Gasteiger partial charge is 0.493 e. The molecule has 1 aliphatic rings. The Bertz CT molecular complexity index is 1500. The van der Waals surface area contributed by atoms with Crippen molar-refractivity contribution in [1.29, 1.82) is 0 Å². The molecule has 12 heteroatoms. The van der Waals surface area contributed by atoms with Gasteiger partial charge in [-0.2, -0.15) is 0 Å². The lowest BCUT2D eigenvalue weighted by Gasteiger charge is -2.13. The van der Waals surface area contributed by atoms with Gasteiger partial charge in [-0.1, -0.05) is 29.8 Å². The van der Waals surface area contributed by atoms with E-state index in [9.17, 15) is 25.0 Å². The molecule has 3 aromatic carbocycles. The molecule has 0 saturated heterocycles. The number of nitrogens with zero attached hydrogens (tertiary/aromatic N) is 3. The summed E-state index contributed by atoms with van der Waals surface area (Å²) < 4.78 is 16.4. The van der Waals surface area contributed by atoms with Gasteiger partial charge in [-0.3, -0.25) is 20.2 Å². The number of carbonyl (C=O) groups is 1. The predicted octanol–water partition coefficient (Wildman–Crippen LogP) is 5.40. The number of hydrogen-bond donors (Lipinski definition) is 0. The summed E-state index contributed by atoms with van der Waals surface area (Å²) in [5.41, 5.74) is 1.54. The zero-order valence-corrected chi connectivity index (χ0v) is 20.2. The van der Waals surface area contributed by atoms with E-state index in [0.717, 1.165) is 0 Å². The zero-order valence-electron chi connectivity index (χ0n) is 19.5. The zero-order chi connectivity index (χ0) is 26.7. The van der Waals surface area contributed by atoms with Crippen LogP contribution < -0.4 is 9.47 Å². The van der Waals surface area contributed by atoms with Crippen LogP contribution in [0.1, 0.15) is 22.3 Å². The maximum absolute atomic E-state index is 12.4. The van der Waals surface area contributed by atoms with Crippen molar-refractivity contribution in [1.82, 2.24) is 0 Å². The van der Waals surface area contributed by atoms with E-state index in [0.29, 0.717) is 16.7 Å². The lowest BCUT2D eigenvalue weighted by Crippen LogP contribution is -2.06. The Kier molecular flexibility index (Phi) is 7.16. The standard InChI is InChI=1S/C25H18ClN3O8/c1-14-6-7-17(12-21(14)29(33)34)24-27-20(25(30)37-24)10-16-9-19(26)23(22(11-16)35-2)36-13-15-4-3-5-18(8-15)28(31)32/h3-12H,13H2,1-2H3/b20-10-. The fraction of sp³-hybridized carbons (Fsp3) is 0.120. The lowest BCUT2D eigenvalue weighted by molar-refractivity contribution is -0.385. The normalized spacial score (nSPS) is 13.8. The number of hydrogen-bond acceptors (Lipinski definition) is 9. The molecule has 0 N–H and O–H groups in total. The number of ether oxygens (including phenoxy) is 3. The number of non-ortho nitro benzene ring substituents is 1. The number of aryl methyl sites for hydroxylation is 1. The first-order chi connectivity index (χ1) is 17.7. The molecule has 188 valence electrons. The van der Waals surface area contributed by atoms with Gasteiger partial charge in [-0.15, -0.1) is 0 Å². The van der Waals surface area contributed by atoms with Crippen molar-refractivity contribution in [3.63, 3.8) is 0 Å². The van der Waals surface area contributed by atoms with Crippen LogP contribution in [-0.4, -0.2) is 28.8 Å². The molecular formula is C25H18ClN3O8. The molecule has 0 unspecified atom stereocenters. The molecule has 0 fully saturated rings. The number of esters is 1. The van der Waals surface area contributed by atoms with Crippen LogP contribution >= 0.6 is 11.6 Å². The minimum absolute atomic E-state index is 0.000855. The van der Waals surface area contributed by atoms with E-state index in [1.807, 2.05) is 0 Å². The topological polar surface area (TPSA) is 143 Å². The monoisotopic (exact) mass is 523 g/mol. The molecule has 1 aliphatic heterocycles. The Morgan fingerprint density at radius 2 is 1.86 bits per heavy atom. The van der Waals surface area contributed by atoms with Crippen LogP contribution in [-0.2, 0) is 16.1 Å². The van der Waals surface area contributed by atoms with E-state index < -0.39 is 15.8 Å². The average molecular weight is 524 g/mol. The molecule has 0 bridgehead atoms. The quantitative estimate of drug-likeness (QED) is 0.165. The van der Waals surface area contributed by atoms with Gasteiger partial charge in [0.2, 0.25) is 5.90 Å². The number of cyclic esters (lactones) is 1. The molecule has 0 aliphatic carbocycles. The van der Waals surface area contributed by atoms with Crippen LogP contribution in [0.2, 0.25) is 5.02 Å². The molecule has 3 aromatic rings. The predicted molar refractivity (Wildman–Crippen MR) is 134 cm³/mol. The minimum atomic E-state index is -0.737. The summed E-state index contributed by atoms with van der Waals surface area (Å²) in [6.07, 6.45) is 1.43. The molecule has 4 rings (SSSR count). The Hall–Kier alpha value is -4.77. The van der Waals surface area contributed by atoms with Crippen LogP contribution in [0.4, 0.5) is 11.4 Å². The Morgan fingerprint density at radius 3 is 2.57 bits per heavy atom. The molecular weight excluding hydrogens is 506 g/mol. The van der Waals surface area contributed by atoms with Crippen LogP contribution in [0.3, 0.4) is 0 Å². The fourth-order valence-electron chi connectivity index (χ4n) is 3.51. The molecule has 1 heterocycles. The van der Waals surface area contributed by atoms with Crippen molar-refractivity contribution in [2.75, 3.05) is 7.11 Å². The third-order valence-corrected chi connectivity index (χ3v) is 5.61. The second-order valence-corrected chi connectivity index (χ2v) is 8.25. The summed E-state index contributed by atoms with van der Waals surface area (Å²) in [6, 6.07) is 13.5. The number of rotatable bonds is 8. The third kappa shape index (κ3) is 5.57. The van der Waals surface area contributed by atoms with Gasteiger partial charge in [-0.05, 0) is 42.3 Å². The fourth-order valence-corrected chi connectivity index (χ4v) is 3.78. The summed E-state index contributed by atoms with van der Waals surface area (Å²) in [5.74, 6) is -0.328. The average Bonchev–Trinajstić information content (AvgIpc) is 3.23. The number of benzene rings is 3. The first-order valence-corrected chi connectivity index (χ1v) is 11.1. The van der Waals surface area contributed by atoms with Crippen molar-refractivity contribution in [3.8, 4) is 11.5 Å². The number of carbonyl (C=O) groups excluding carboxylic acids is 1. The highest BCUT2D eigenvalue weighted by atomic mass is 35.5. The number of halogens is 1. The lowest BCUT2D eigenvalue weighted by atomic mass is 10.1. The van der Waals surface area contributed by atoms with Gasteiger partial charge < -0.3 is 14.2 Å². The minimum Gasteiger partial charge on any atom is -0.493 e. The van der Waals surface area contributed by atoms with Gasteiger partial charge in [0.25, 0.3) is 11.4 Å². The molecule has 0 amide bonds. The Labute approximate surface area is 214 Å². The van der Waals surface area contributed by atoms with E-state index in [4.69, 9.17) is 25.8 Å². The summed E-state index contributed by atoms with van der Waals surface area (Å²) in [5, 5.41) is 22.4. The Morgan fingerprint density at radius 1 is 1.08 bits per heavy atom. The highest BCUT2D eigenvalue weighted by Gasteiger charge is 2.26. The maximum Gasteiger partial charge on any atom is 0.363 e. The van der Waals surface area contributed by atoms with Gasteiger partial charge in [-0.25, -0.2) is 9.79 Å². The smallest absolute Gasteiger partial charge is 0.363 e. The first kappa shape index (κ1) is 25.3. The second kappa shape index (κ2) is 10.5. The molecule has 0 spiro atoms. The van der Waals surface area contributed by atoms with Gasteiger partial charge >= 0.3 is 5.97 Å².